The zero-order valence-corrected chi connectivity index (χ0v) is 24.1. The number of sulfone groups is 1. The van der Waals surface area contributed by atoms with Gasteiger partial charge in [0.15, 0.2) is 0 Å². The molecule has 0 spiro atoms. The summed E-state index contributed by atoms with van der Waals surface area (Å²) in [5.41, 5.74) is 1.97. The zero-order valence-electron chi connectivity index (χ0n) is 23.3. The Bertz CT molecular complexity index is 1430. The fraction of sp³-hybridized carbons (Fsp3) is 0.367. The molecule has 0 unspecified atom stereocenters. The number of amides is 1. The summed E-state index contributed by atoms with van der Waals surface area (Å²) >= 11 is 0. The molecule has 1 atom stereocenters. The van der Waals surface area contributed by atoms with Crippen molar-refractivity contribution >= 4 is 27.8 Å². The normalized spacial score (nSPS) is 12.8. The standard InChI is InChI=1S/C30H36FN3O5S/c1-30(2,3)39-29(36)27(15-19-40(4,37)38)33-28(35)26-20-23(6-5-17-34-18-16-32-21-34)8-12-24(26)11-7-22-9-13-25(31)14-10-22/h5-6,8-10,12-14,16,18,20-21,27H,7,11,15,17,19H2,1-4H3,(H,33,35)/t27-/m0/s1. The average molecular weight is 570 g/mol. The lowest BCUT2D eigenvalue weighted by atomic mass is 9.96. The van der Waals surface area contributed by atoms with Gasteiger partial charge in [0.05, 0.1) is 12.1 Å². The van der Waals surface area contributed by atoms with E-state index in [1.165, 1.54) is 12.1 Å². The minimum atomic E-state index is -3.38. The summed E-state index contributed by atoms with van der Waals surface area (Å²) in [5, 5.41) is 2.72. The molecule has 0 saturated carbocycles. The topological polar surface area (TPSA) is 107 Å². The van der Waals surface area contributed by atoms with Crippen LogP contribution >= 0.6 is 0 Å². The first kappa shape index (κ1) is 30.7. The number of hydrogen-bond acceptors (Lipinski definition) is 6. The second kappa shape index (κ2) is 13.5. The minimum Gasteiger partial charge on any atom is -0.458 e. The van der Waals surface area contributed by atoms with Crippen LogP contribution in [0, 0.1) is 5.82 Å². The number of esters is 1. The number of rotatable bonds is 12. The monoisotopic (exact) mass is 569 g/mol. The second-order valence-corrected chi connectivity index (χ2v) is 12.9. The maximum Gasteiger partial charge on any atom is 0.329 e. The Morgan fingerprint density at radius 3 is 2.48 bits per heavy atom. The highest BCUT2D eigenvalue weighted by Crippen LogP contribution is 2.18. The number of hydrogen-bond donors (Lipinski definition) is 1. The number of halogens is 1. The molecule has 214 valence electrons. The molecular formula is C30H36FN3O5S. The molecule has 0 aliphatic rings. The van der Waals surface area contributed by atoms with Gasteiger partial charge in [-0.25, -0.2) is 22.6 Å². The molecule has 40 heavy (non-hydrogen) atoms. The molecule has 2 aromatic carbocycles. The van der Waals surface area contributed by atoms with E-state index in [0.717, 1.165) is 22.9 Å². The summed E-state index contributed by atoms with van der Waals surface area (Å²) in [6.07, 6.45) is 11.1. The van der Waals surface area contributed by atoms with Crippen molar-refractivity contribution in [3.8, 4) is 0 Å². The maximum absolute atomic E-state index is 13.6. The average Bonchev–Trinajstić information content (AvgIpc) is 3.38. The van der Waals surface area contributed by atoms with Gasteiger partial charge in [-0.1, -0.05) is 36.4 Å². The molecule has 3 aromatic rings. The molecule has 0 saturated heterocycles. The summed E-state index contributed by atoms with van der Waals surface area (Å²) in [4.78, 5) is 30.5. The van der Waals surface area contributed by atoms with Crippen molar-refractivity contribution in [2.45, 2.75) is 58.2 Å². The quantitative estimate of drug-likeness (QED) is 0.324. The predicted octanol–water partition coefficient (Wildman–Crippen LogP) is 4.40. The zero-order chi connectivity index (χ0) is 29.3. The molecule has 1 N–H and O–H groups in total. The predicted molar refractivity (Wildman–Crippen MR) is 153 cm³/mol. The highest BCUT2D eigenvalue weighted by Gasteiger charge is 2.28. The van der Waals surface area contributed by atoms with Gasteiger partial charge in [-0.15, -0.1) is 0 Å². The van der Waals surface area contributed by atoms with Gasteiger partial charge in [-0.2, -0.15) is 0 Å². The van der Waals surface area contributed by atoms with Crippen molar-refractivity contribution in [2.24, 2.45) is 0 Å². The largest absolute Gasteiger partial charge is 0.458 e. The van der Waals surface area contributed by atoms with Crippen LogP contribution in [0.25, 0.3) is 6.08 Å². The molecular weight excluding hydrogens is 533 g/mol. The molecule has 10 heteroatoms. The molecule has 0 fully saturated rings. The Hall–Kier alpha value is -3.79. The smallest absolute Gasteiger partial charge is 0.329 e. The number of carbonyl (C=O) groups excluding carboxylic acids is 2. The second-order valence-electron chi connectivity index (χ2n) is 10.7. The minimum absolute atomic E-state index is 0.116. The highest BCUT2D eigenvalue weighted by molar-refractivity contribution is 7.90. The van der Waals surface area contributed by atoms with E-state index in [4.69, 9.17) is 4.74 Å². The summed E-state index contributed by atoms with van der Waals surface area (Å²) < 4.78 is 44.3. The maximum atomic E-state index is 13.6. The van der Waals surface area contributed by atoms with E-state index in [0.29, 0.717) is 24.9 Å². The van der Waals surface area contributed by atoms with Crippen molar-refractivity contribution in [2.75, 3.05) is 12.0 Å². The van der Waals surface area contributed by atoms with Gasteiger partial charge in [0.2, 0.25) is 0 Å². The Labute approximate surface area is 235 Å². The van der Waals surface area contributed by atoms with Gasteiger partial charge in [0, 0.05) is 30.8 Å². The van der Waals surface area contributed by atoms with Crippen molar-refractivity contribution in [1.82, 2.24) is 14.9 Å². The molecule has 1 heterocycles. The summed E-state index contributed by atoms with van der Waals surface area (Å²) in [5.74, 6) is -1.82. The van der Waals surface area contributed by atoms with Gasteiger partial charge in [0.1, 0.15) is 27.3 Å². The van der Waals surface area contributed by atoms with E-state index in [1.807, 2.05) is 35.0 Å². The number of nitrogens with zero attached hydrogens (tertiary/aromatic N) is 2. The van der Waals surface area contributed by atoms with E-state index in [-0.39, 0.29) is 18.0 Å². The number of aryl methyl sites for hydroxylation is 2. The van der Waals surface area contributed by atoms with Crippen molar-refractivity contribution in [1.29, 1.82) is 0 Å². The summed E-state index contributed by atoms with van der Waals surface area (Å²) in [6, 6.07) is 10.5. The number of nitrogens with one attached hydrogen (secondary N) is 1. The van der Waals surface area contributed by atoms with Gasteiger partial charge in [-0.05, 0) is 74.9 Å². The third-order valence-electron chi connectivity index (χ3n) is 5.93. The van der Waals surface area contributed by atoms with E-state index in [2.05, 4.69) is 10.3 Å². The van der Waals surface area contributed by atoms with Crippen LogP contribution in [0.5, 0.6) is 0 Å². The SMILES string of the molecule is CC(C)(C)OC(=O)[C@H](CCS(C)(=O)=O)NC(=O)c1cc(C=CCn2ccnc2)ccc1CCc1ccc(F)cc1. The van der Waals surface area contributed by atoms with Crippen LogP contribution < -0.4 is 5.32 Å². The van der Waals surface area contributed by atoms with Crippen LogP contribution in [0.4, 0.5) is 4.39 Å². The van der Waals surface area contributed by atoms with Crippen LogP contribution in [0.15, 0.2) is 67.3 Å². The Morgan fingerprint density at radius 1 is 1.12 bits per heavy atom. The van der Waals surface area contributed by atoms with Gasteiger partial charge >= 0.3 is 5.97 Å². The Morgan fingerprint density at radius 2 is 1.85 bits per heavy atom. The molecule has 0 aliphatic heterocycles. The van der Waals surface area contributed by atoms with Crippen molar-refractivity contribution in [3.05, 3.63) is 95.3 Å². The van der Waals surface area contributed by atoms with Crippen LogP contribution in [-0.2, 0) is 38.8 Å². The van der Waals surface area contributed by atoms with E-state index in [9.17, 15) is 22.4 Å². The molecule has 8 nitrogen and oxygen atoms in total. The molecule has 3 rings (SSSR count). The highest BCUT2D eigenvalue weighted by atomic mass is 32.2. The number of imidazole rings is 1. The van der Waals surface area contributed by atoms with E-state index >= 15 is 0 Å². The first-order chi connectivity index (χ1) is 18.8. The third kappa shape index (κ3) is 10.4. The van der Waals surface area contributed by atoms with Crippen LogP contribution in [-0.4, -0.2) is 53.5 Å². The number of benzene rings is 2. The first-order valence-electron chi connectivity index (χ1n) is 13.0. The molecule has 1 amide bonds. The van der Waals surface area contributed by atoms with Gasteiger partial charge < -0.3 is 14.6 Å². The van der Waals surface area contributed by atoms with Crippen LogP contribution in [0.3, 0.4) is 0 Å². The molecule has 0 aliphatic carbocycles. The van der Waals surface area contributed by atoms with Gasteiger partial charge in [0.25, 0.3) is 5.91 Å². The Balaban J connectivity index is 1.87. The van der Waals surface area contributed by atoms with Crippen LogP contribution in [0.2, 0.25) is 0 Å². The fourth-order valence-electron chi connectivity index (χ4n) is 3.95. The van der Waals surface area contributed by atoms with Crippen molar-refractivity contribution in [3.63, 3.8) is 0 Å². The lowest BCUT2D eigenvalue weighted by Crippen LogP contribution is -2.45. The number of carbonyl (C=O) groups is 2. The van der Waals surface area contributed by atoms with Gasteiger partial charge in [-0.3, -0.25) is 4.79 Å². The van der Waals surface area contributed by atoms with E-state index < -0.39 is 33.4 Å². The number of allylic oxidation sites excluding steroid dienone is 1. The lowest BCUT2D eigenvalue weighted by Gasteiger charge is -2.25. The lowest BCUT2D eigenvalue weighted by molar-refractivity contribution is -0.157. The fourth-order valence-corrected chi connectivity index (χ4v) is 4.62. The number of aromatic nitrogens is 2. The summed E-state index contributed by atoms with van der Waals surface area (Å²) in [6.45, 7) is 5.70. The number of ether oxygens (including phenoxy) is 1. The molecule has 0 radical (unpaired) electrons. The van der Waals surface area contributed by atoms with Crippen LogP contribution in [0.1, 0.15) is 54.2 Å². The summed E-state index contributed by atoms with van der Waals surface area (Å²) in [7, 11) is -3.38. The molecule has 0 bridgehead atoms. The van der Waals surface area contributed by atoms with E-state index in [1.54, 1.807) is 51.5 Å². The molecule has 1 aromatic heterocycles. The third-order valence-corrected chi connectivity index (χ3v) is 6.91. The first-order valence-corrected chi connectivity index (χ1v) is 15.1. The van der Waals surface area contributed by atoms with Crippen molar-refractivity contribution < 1.29 is 27.1 Å². The Kier molecular flexibility index (Phi) is 10.4.